The quantitative estimate of drug-likeness (QED) is 0.362. The van der Waals surface area contributed by atoms with E-state index in [1.165, 1.54) is 6.07 Å². The topological polar surface area (TPSA) is 105 Å². The Labute approximate surface area is 211 Å². The van der Waals surface area contributed by atoms with Gasteiger partial charge in [-0.3, -0.25) is 10.1 Å². The molecule has 2 amide bonds. The highest BCUT2D eigenvalue weighted by atomic mass is 79.9. The van der Waals surface area contributed by atoms with Crippen molar-refractivity contribution in [2.75, 3.05) is 11.9 Å². The van der Waals surface area contributed by atoms with Crippen LogP contribution in [0.5, 0.6) is 0 Å². The largest absolute Gasteiger partial charge is 0.480 e. The summed E-state index contributed by atoms with van der Waals surface area (Å²) in [6.45, 7) is 3.59. The van der Waals surface area contributed by atoms with Crippen LogP contribution in [0, 0.1) is 5.92 Å². The molecule has 1 aliphatic carbocycles. The molecule has 0 unspecified atom stereocenters. The highest BCUT2D eigenvalue weighted by molar-refractivity contribution is 9.10. The first kappa shape index (κ1) is 24.5. The Hall–Kier alpha value is -3.65. The molecule has 3 aromatic carbocycles. The summed E-state index contributed by atoms with van der Waals surface area (Å²) < 4.78 is 6.12. The van der Waals surface area contributed by atoms with Gasteiger partial charge in [0.05, 0.1) is 0 Å². The third kappa shape index (κ3) is 5.38. The molecule has 4 rings (SSSR count). The lowest BCUT2D eigenvalue weighted by Crippen LogP contribution is -2.44. The van der Waals surface area contributed by atoms with Crippen molar-refractivity contribution < 1.29 is 24.2 Å². The Morgan fingerprint density at radius 2 is 1.57 bits per heavy atom. The summed E-state index contributed by atoms with van der Waals surface area (Å²) in [4.78, 5) is 36.7. The van der Waals surface area contributed by atoms with Gasteiger partial charge in [0.1, 0.15) is 12.6 Å². The maximum Gasteiger partial charge on any atom is 0.411 e. The average Bonchev–Trinajstić information content (AvgIpc) is 3.14. The Morgan fingerprint density at radius 1 is 0.971 bits per heavy atom. The molecule has 0 bridgehead atoms. The Bertz CT molecular complexity index is 1240. The molecule has 0 spiro atoms. The zero-order valence-corrected chi connectivity index (χ0v) is 20.8. The second kappa shape index (κ2) is 10.3. The molecule has 7 nitrogen and oxygen atoms in total. The van der Waals surface area contributed by atoms with Gasteiger partial charge in [0, 0.05) is 21.6 Å². The van der Waals surface area contributed by atoms with Crippen LogP contribution in [-0.4, -0.2) is 35.7 Å². The van der Waals surface area contributed by atoms with Gasteiger partial charge in [-0.25, -0.2) is 9.59 Å². The number of carbonyl (C=O) groups is 3. The minimum atomic E-state index is -1.11. The fourth-order valence-electron chi connectivity index (χ4n) is 4.28. The molecule has 0 aromatic heterocycles. The van der Waals surface area contributed by atoms with Gasteiger partial charge < -0.3 is 15.2 Å². The van der Waals surface area contributed by atoms with E-state index in [2.05, 4.69) is 38.7 Å². The van der Waals surface area contributed by atoms with E-state index in [4.69, 9.17) is 4.74 Å². The van der Waals surface area contributed by atoms with Gasteiger partial charge in [-0.15, -0.1) is 0 Å². The van der Waals surface area contributed by atoms with Gasteiger partial charge >= 0.3 is 12.1 Å². The Balaban J connectivity index is 1.44. The molecule has 8 heteroatoms. The van der Waals surface area contributed by atoms with Gasteiger partial charge in [0.25, 0.3) is 5.91 Å². The van der Waals surface area contributed by atoms with Crippen LogP contribution in [0.15, 0.2) is 71.2 Å². The number of rotatable bonds is 7. The molecule has 180 valence electrons. The summed E-state index contributed by atoms with van der Waals surface area (Å²) in [5.74, 6) is -2.02. The number of ether oxygens (including phenoxy) is 1. The summed E-state index contributed by atoms with van der Waals surface area (Å²) in [5, 5.41) is 14.5. The zero-order valence-electron chi connectivity index (χ0n) is 19.2. The van der Waals surface area contributed by atoms with Crippen LogP contribution in [-0.2, 0) is 9.53 Å². The predicted octanol–water partition coefficient (Wildman–Crippen LogP) is 5.65. The number of nitrogens with one attached hydrogen (secondary N) is 2. The minimum Gasteiger partial charge on any atom is -0.480 e. The molecule has 0 radical (unpaired) electrons. The number of halogens is 1. The first-order chi connectivity index (χ1) is 16.7. The molecule has 0 fully saturated rings. The highest BCUT2D eigenvalue weighted by Crippen LogP contribution is 2.44. The van der Waals surface area contributed by atoms with Gasteiger partial charge in [-0.2, -0.15) is 0 Å². The standard InChI is InChI=1S/C27H25BrN2O5/c1-15(2)24(26(32)33)30-25(31)16-11-17(28)13-18(12-16)29-27(34)35-14-23-21-9-5-3-7-19(21)20-8-4-6-10-22(20)23/h3-13,15,23-24H,14H2,1-2H3,(H,29,34)(H,30,31)(H,32,33)/t24-/m0/s1. The lowest BCUT2D eigenvalue weighted by Gasteiger charge is -2.18. The number of hydrogen-bond acceptors (Lipinski definition) is 4. The van der Waals surface area contributed by atoms with Crippen LogP contribution in [0.3, 0.4) is 0 Å². The molecular formula is C27H25BrN2O5. The number of amides is 2. The van der Waals surface area contributed by atoms with Crippen molar-refractivity contribution in [1.82, 2.24) is 5.32 Å². The van der Waals surface area contributed by atoms with Crippen molar-refractivity contribution in [3.8, 4) is 11.1 Å². The third-order valence-corrected chi connectivity index (χ3v) is 6.43. The van der Waals surface area contributed by atoms with Crippen LogP contribution in [0.25, 0.3) is 11.1 Å². The van der Waals surface area contributed by atoms with E-state index in [1.807, 2.05) is 36.4 Å². The molecule has 0 aliphatic heterocycles. The minimum absolute atomic E-state index is 0.0685. The molecular weight excluding hydrogens is 512 g/mol. The molecule has 3 N–H and O–H groups in total. The highest BCUT2D eigenvalue weighted by Gasteiger charge is 2.29. The fourth-order valence-corrected chi connectivity index (χ4v) is 4.78. The van der Waals surface area contributed by atoms with E-state index in [9.17, 15) is 19.5 Å². The van der Waals surface area contributed by atoms with E-state index in [0.717, 1.165) is 22.3 Å². The van der Waals surface area contributed by atoms with Gasteiger partial charge in [0.15, 0.2) is 0 Å². The fraction of sp³-hybridized carbons (Fsp3) is 0.222. The van der Waals surface area contributed by atoms with Crippen molar-refractivity contribution in [1.29, 1.82) is 0 Å². The van der Waals surface area contributed by atoms with Crippen LogP contribution < -0.4 is 10.6 Å². The maximum atomic E-state index is 12.6. The molecule has 0 heterocycles. The van der Waals surface area contributed by atoms with Crippen molar-refractivity contribution >= 4 is 39.6 Å². The SMILES string of the molecule is CC(C)[C@H](NC(=O)c1cc(Br)cc(NC(=O)OCC2c3ccccc3-c3ccccc32)c1)C(=O)O. The number of carboxylic acids is 1. The summed E-state index contributed by atoms with van der Waals surface area (Å²) in [7, 11) is 0. The van der Waals surface area contributed by atoms with E-state index in [1.54, 1.807) is 26.0 Å². The molecule has 1 atom stereocenters. The molecule has 35 heavy (non-hydrogen) atoms. The van der Waals surface area contributed by atoms with Crippen LogP contribution in [0.1, 0.15) is 41.3 Å². The summed E-state index contributed by atoms with van der Waals surface area (Å²) in [5.41, 5.74) is 5.06. The van der Waals surface area contributed by atoms with Crippen molar-refractivity contribution in [2.45, 2.75) is 25.8 Å². The van der Waals surface area contributed by atoms with Crippen LogP contribution >= 0.6 is 15.9 Å². The zero-order chi connectivity index (χ0) is 25.1. The predicted molar refractivity (Wildman–Crippen MR) is 137 cm³/mol. The van der Waals surface area contributed by atoms with E-state index < -0.39 is 24.0 Å². The molecule has 3 aromatic rings. The smallest absolute Gasteiger partial charge is 0.411 e. The number of anilines is 1. The van der Waals surface area contributed by atoms with Crippen LogP contribution in [0.4, 0.5) is 10.5 Å². The van der Waals surface area contributed by atoms with Gasteiger partial charge in [-0.1, -0.05) is 78.3 Å². The molecule has 1 aliphatic rings. The number of carbonyl (C=O) groups excluding carboxylic acids is 2. The number of fused-ring (bicyclic) bond motifs is 3. The van der Waals surface area contributed by atoms with E-state index in [0.29, 0.717) is 10.2 Å². The van der Waals surface area contributed by atoms with Crippen molar-refractivity contribution in [3.63, 3.8) is 0 Å². The molecule has 0 saturated carbocycles. The number of hydrogen-bond donors (Lipinski definition) is 3. The Morgan fingerprint density at radius 3 is 2.14 bits per heavy atom. The Kier molecular flexibility index (Phi) is 7.21. The molecule has 0 saturated heterocycles. The number of benzene rings is 3. The summed E-state index contributed by atoms with van der Waals surface area (Å²) in [6.07, 6.45) is -0.651. The third-order valence-electron chi connectivity index (χ3n) is 5.97. The first-order valence-corrected chi connectivity index (χ1v) is 12.0. The van der Waals surface area contributed by atoms with E-state index >= 15 is 0 Å². The second-order valence-corrected chi connectivity index (χ2v) is 9.63. The van der Waals surface area contributed by atoms with Crippen LogP contribution in [0.2, 0.25) is 0 Å². The lowest BCUT2D eigenvalue weighted by molar-refractivity contribution is -0.140. The first-order valence-electron chi connectivity index (χ1n) is 11.2. The monoisotopic (exact) mass is 536 g/mol. The average molecular weight is 537 g/mol. The lowest BCUT2D eigenvalue weighted by atomic mass is 9.98. The normalized spacial score (nSPS) is 13.0. The van der Waals surface area contributed by atoms with Crippen molar-refractivity contribution in [3.05, 3.63) is 87.9 Å². The maximum absolute atomic E-state index is 12.6. The van der Waals surface area contributed by atoms with Crippen molar-refractivity contribution in [2.24, 2.45) is 5.92 Å². The summed E-state index contributed by atoms with van der Waals surface area (Å²) in [6, 6.07) is 19.8. The van der Waals surface area contributed by atoms with Gasteiger partial charge in [0.2, 0.25) is 0 Å². The van der Waals surface area contributed by atoms with E-state index in [-0.39, 0.29) is 24.0 Å². The summed E-state index contributed by atoms with van der Waals surface area (Å²) >= 11 is 3.34. The van der Waals surface area contributed by atoms with Gasteiger partial charge in [-0.05, 0) is 46.4 Å². The second-order valence-electron chi connectivity index (χ2n) is 8.71. The number of carboxylic acid groups (broad SMARTS) is 1. The number of aliphatic carboxylic acids is 1.